The van der Waals surface area contributed by atoms with Crippen LogP contribution < -0.4 is 0 Å². The molecule has 0 aliphatic carbocycles. The molecule has 2 rings (SSSR count). The summed E-state index contributed by atoms with van der Waals surface area (Å²) in [4.78, 5) is 12.0. The number of hydrogen-bond donors (Lipinski definition) is 0. The van der Waals surface area contributed by atoms with Gasteiger partial charge in [0.05, 0.1) is 0 Å². The van der Waals surface area contributed by atoms with Gasteiger partial charge in [-0.25, -0.2) is 0 Å². The lowest BCUT2D eigenvalue weighted by Gasteiger charge is -2.01. The second-order valence-corrected chi connectivity index (χ2v) is 4.66. The van der Waals surface area contributed by atoms with E-state index in [0.717, 1.165) is 12.8 Å². The molecule has 17 heavy (non-hydrogen) atoms. The van der Waals surface area contributed by atoms with Crippen LogP contribution in [0.2, 0.25) is 0 Å². The molecule has 1 heterocycles. The summed E-state index contributed by atoms with van der Waals surface area (Å²) in [6.07, 6.45) is 2.15. The minimum absolute atomic E-state index is 0.0845. The van der Waals surface area contributed by atoms with Crippen molar-refractivity contribution in [3.8, 4) is 0 Å². The van der Waals surface area contributed by atoms with Crippen LogP contribution >= 0.6 is 15.9 Å². The van der Waals surface area contributed by atoms with Crippen LogP contribution in [0, 0.1) is 0 Å². The standard InChI is InChI=1S/C14H13BrO2/c1-2-3-10-4-6-11(7-5-10)14(16)12-8-9-13(15)17-12/h4-9H,2-3H2,1H3. The van der Waals surface area contributed by atoms with Crippen molar-refractivity contribution in [2.75, 3.05) is 0 Å². The van der Waals surface area contributed by atoms with E-state index in [2.05, 4.69) is 22.9 Å². The van der Waals surface area contributed by atoms with Crippen LogP contribution in [0.15, 0.2) is 45.5 Å². The van der Waals surface area contributed by atoms with Crippen molar-refractivity contribution in [1.29, 1.82) is 0 Å². The highest BCUT2D eigenvalue weighted by molar-refractivity contribution is 9.10. The number of hydrogen-bond acceptors (Lipinski definition) is 2. The highest BCUT2D eigenvalue weighted by atomic mass is 79.9. The first-order valence-electron chi connectivity index (χ1n) is 5.59. The number of benzene rings is 1. The Morgan fingerprint density at radius 3 is 2.41 bits per heavy atom. The Morgan fingerprint density at radius 2 is 1.88 bits per heavy atom. The van der Waals surface area contributed by atoms with Crippen molar-refractivity contribution >= 4 is 21.7 Å². The summed E-state index contributed by atoms with van der Waals surface area (Å²) in [5.74, 6) is 0.277. The second-order valence-electron chi connectivity index (χ2n) is 3.88. The molecule has 0 unspecified atom stereocenters. The molecule has 0 spiro atoms. The summed E-state index contributed by atoms with van der Waals surface area (Å²) in [5, 5.41) is 0. The van der Waals surface area contributed by atoms with Crippen LogP contribution in [0.5, 0.6) is 0 Å². The number of furan rings is 1. The molecule has 1 aromatic carbocycles. The fourth-order valence-electron chi connectivity index (χ4n) is 1.69. The Morgan fingerprint density at radius 1 is 1.18 bits per heavy atom. The third-order valence-electron chi connectivity index (χ3n) is 2.55. The summed E-state index contributed by atoms with van der Waals surface area (Å²) >= 11 is 3.19. The fourth-order valence-corrected chi connectivity index (χ4v) is 2.00. The lowest BCUT2D eigenvalue weighted by Crippen LogP contribution is -1.99. The Balaban J connectivity index is 2.20. The van der Waals surface area contributed by atoms with E-state index in [9.17, 15) is 4.79 Å². The second kappa shape index (κ2) is 5.32. The third kappa shape index (κ3) is 2.86. The number of ketones is 1. The summed E-state index contributed by atoms with van der Waals surface area (Å²) in [6.45, 7) is 2.14. The maximum Gasteiger partial charge on any atom is 0.228 e. The Labute approximate surface area is 109 Å². The molecule has 2 nitrogen and oxygen atoms in total. The van der Waals surface area contributed by atoms with E-state index in [-0.39, 0.29) is 5.78 Å². The maximum atomic E-state index is 12.0. The minimum atomic E-state index is -0.0845. The van der Waals surface area contributed by atoms with Gasteiger partial charge < -0.3 is 4.42 Å². The van der Waals surface area contributed by atoms with Gasteiger partial charge in [-0.15, -0.1) is 0 Å². The summed E-state index contributed by atoms with van der Waals surface area (Å²) < 4.78 is 5.82. The molecule has 88 valence electrons. The van der Waals surface area contributed by atoms with Crippen molar-refractivity contribution in [1.82, 2.24) is 0 Å². The molecule has 0 amide bonds. The van der Waals surface area contributed by atoms with Crippen LogP contribution in [0.4, 0.5) is 0 Å². The van der Waals surface area contributed by atoms with Crippen molar-refractivity contribution in [2.24, 2.45) is 0 Å². The van der Waals surface area contributed by atoms with Gasteiger partial charge in [0.1, 0.15) is 0 Å². The van der Waals surface area contributed by atoms with E-state index in [1.165, 1.54) is 5.56 Å². The number of carbonyl (C=O) groups excluding carboxylic acids is 1. The predicted octanol–water partition coefficient (Wildman–Crippen LogP) is 4.23. The molecular formula is C14H13BrO2. The molecule has 0 aliphatic heterocycles. The van der Waals surface area contributed by atoms with Gasteiger partial charge in [-0.05, 0) is 40.0 Å². The molecule has 1 aromatic heterocycles. The van der Waals surface area contributed by atoms with Gasteiger partial charge in [-0.3, -0.25) is 4.79 Å². The zero-order valence-electron chi connectivity index (χ0n) is 9.57. The molecule has 0 bridgehead atoms. The Hall–Kier alpha value is -1.35. The van der Waals surface area contributed by atoms with Gasteiger partial charge in [-0.2, -0.15) is 0 Å². The zero-order valence-corrected chi connectivity index (χ0v) is 11.2. The molecule has 0 N–H and O–H groups in total. The van der Waals surface area contributed by atoms with E-state index in [1.54, 1.807) is 12.1 Å². The topological polar surface area (TPSA) is 30.2 Å². The van der Waals surface area contributed by atoms with E-state index in [1.807, 2.05) is 24.3 Å². The van der Waals surface area contributed by atoms with Gasteiger partial charge >= 0.3 is 0 Å². The minimum Gasteiger partial charge on any atom is -0.446 e. The predicted molar refractivity (Wildman–Crippen MR) is 70.3 cm³/mol. The number of aryl methyl sites for hydroxylation is 1. The van der Waals surface area contributed by atoms with Crippen LogP contribution in [0.25, 0.3) is 0 Å². The SMILES string of the molecule is CCCc1ccc(C(=O)c2ccc(Br)o2)cc1. The van der Waals surface area contributed by atoms with E-state index < -0.39 is 0 Å². The summed E-state index contributed by atoms with van der Waals surface area (Å²) in [6, 6.07) is 11.1. The van der Waals surface area contributed by atoms with E-state index in [4.69, 9.17) is 4.42 Å². The fraction of sp³-hybridized carbons (Fsp3) is 0.214. The van der Waals surface area contributed by atoms with Gasteiger partial charge in [0.25, 0.3) is 0 Å². The quantitative estimate of drug-likeness (QED) is 0.790. The van der Waals surface area contributed by atoms with E-state index >= 15 is 0 Å². The third-order valence-corrected chi connectivity index (χ3v) is 2.98. The van der Waals surface area contributed by atoms with Crippen LogP contribution in [0.3, 0.4) is 0 Å². The van der Waals surface area contributed by atoms with Gasteiger partial charge in [0, 0.05) is 5.56 Å². The Kier molecular flexibility index (Phi) is 3.79. The van der Waals surface area contributed by atoms with Crippen molar-refractivity contribution in [3.63, 3.8) is 0 Å². The number of rotatable bonds is 4. The average Bonchev–Trinajstić information content (AvgIpc) is 2.76. The lowest BCUT2D eigenvalue weighted by molar-refractivity contribution is 0.101. The molecule has 3 heteroatoms. The summed E-state index contributed by atoms with van der Waals surface area (Å²) in [7, 11) is 0. The first kappa shape index (κ1) is 12.1. The smallest absolute Gasteiger partial charge is 0.228 e. The van der Waals surface area contributed by atoms with Crippen LogP contribution in [0.1, 0.15) is 35.0 Å². The van der Waals surface area contributed by atoms with Crippen molar-refractivity contribution < 1.29 is 9.21 Å². The molecule has 0 atom stereocenters. The van der Waals surface area contributed by atoms with Gasteiger partial charge in [0.2, 0.25) is 5.78 Å². The summed E-state index contributed by atoms with van der Waals surface area (Å²) in [5.41, 5.74) is 1.91. The van der Waals surface area contributed by atoms with Crippen molar-refractivity contribution in [3.05, 3.63) is 58.0 Å². The first-order chi connectivity index (χ1) is 8.20. The monoisotopic (exact) mass is 292 g/mol. The van der Waals surface area contributed by atoms with Gasteiger partial charge in [-0.1, -0.05) is 37.6 Å². The Bertz CT molecular complexity index is 511. The van der Waals surface area contributed by atoms with E-state index in [0.29, 0.717) is 16.0 Å². The number of halogens is 1. The molecule has 0 saturated carbocycles. The molecule has 0 saturated heterocycles. The molecule has 0 radical (unpaired) electrons. The molecule has 2 aromatic rings. The van der Waals surface area contributed by atoms with Crippen LogP contribution in [-0.2, 0) is 6.42 Å². The van der Waals surface area contributed by atoms with Crippen molar-refractivity contribution in [2.45, 2.75) is 19.8 Å². The zero-order chi connectivity index (χ0) is 12.3. The normalized spacial score (nSPS) is 10.5. The highest BCUT2D eigenvalue weighted by Gasteiger charge is 2.12. The average molecular weight is 293 g/mol. The lowest BCUT2D eigenvalue weighted by atomic mass is 10.0. The first-order valence-corrected chi connectivity index (χ1v) is 6.39. The molecule has 0 aliphatic rings. The highest BCUT2D eigenvalue weighted by Crippen LogP contribution is 2.18. The molecular weight excluding hydrogens is 280 g/mol. The van der Waals surface area contributed by atoms with Crippen LogP contribution in [-0.4, -0.2) is 5.78 Å². The maximum absolute atomic E-state index is 12.0. The largest absolute Gasteiger partial charge is 0.446 e. The molecule has 0 fully saturated rings. The van der Waals surface area contributed by atoms with Gasteiger partial charge in [0.15, 0.2) is 10.4 Å². The number of carbonyl (C=O) groups is 1.